The Labute approximate surface area is 303 Å². The number of hydrogen-bond acceptors (Lipinski definition) is 7. The molecule has 2 saturated carbocycles. The van der Waals surface area contributed by atoms with Crippen molar-refractivity contribution in [2.24, 2.45) is 40.2 Å². The number of aliphatic hydroxyl groups excluding tert-OH is 1. The average molecular weight is 717 g/mol. The summed E-state index contributed by atoms with van der Waals surface area (Å²) < 4.78 is 0. The number of amides is 6. The lowest BCUT2D eigenvalue weighted by Gasteiger charge is -2.44. The fourth-order valence-corrected chi connectivity index (χ4v) is 8.50. The Balaban J connectivity index is 1.55. The number of ketones is 1. The molecule has 13 heteroatoms. The standard InChI is InChI=1S/C38H64N6O7/c1-22(2)25-16-17-43(31(25)34(49)40-26(32(47)33(39)48)18-23-12-11-13-23)35(50)30(24-14-9-8-10-15-24)42-36(51)41-27(37(3,4)5)21-44-28(45)19-38(6,7)20-29(44)46/h22-28,30-31,45H,8-21H2,1-7H3,(H2,39,48)(H,40,49)(H2,41,42,51)/t25-,26?,27-,28?,30+,31+/m1/s1. The molecule has 51 heavy (non-hydrogen) atoms. The van der Waals surface area contributed by atoms with Crippen LogP contribution in [0.15, 0.2) is 0 Å². The van der Waals surface area contributed by atoms with Crippen molar-refractivity contribution >= 4 is 35.4 Å². The second kappa shape index (κ2) is 16.6. The lowest BCUT2D eigenvalue weighted by Crippen LogP contribution is -2.62. The largest absolute Gasteiger partial charge is 0.374 e. The molecule has 6 atom stereocenters. The van der Waals surface area contributed by atoms with E-state index in [1.54, 1.807) is 4.90 Å². The van der Waals surface area contributed by atoms with Gasteiger partial charge in [0, 0.05) is 19.5 Å². The molecule has 6 amide bonds. The molecule has 0 spiro atoms. The van der Waals surface area contributed by atoms with E-state index in [4.69, 9.17) is 5.73 Å². The quantitative estimate of drug-likeness (QED) is 0.181. The van der Waals surface area contributed by atoms with Gasteiger partial charge >= 0.3 is 6.03 Å². The van der Waals surface area contributed by atoms with Gasteiger partial charge in [0.05, 0.1) is 12.1 Å². The Bertz CT molecular complexity index is 1300. The van der Waals surface area contributed by atoms with Gasteiger partial charge in [-0.05, 0) is 66.6 Å². The number of likely N-dealkylation sites (tertiary alicyclic amines) is 2. The van der Waals surface area contributed by atoms with Crippen molar-refractivity contribution in [1.82, 2.24) is 25.8 Å². The van der Waals surface area contributed by atoms with Crippen LogP contribution in [0.25, 0.3) is 0 Å². The van der Waals surface area contributed by atoms with E-state index in [-0.39, 0.29) is 47.4 Å². The second-order valence-corrected chi connectivity index (χ2v) is 18.0. The minimum Gasteiger partial charge on any atom is -0.374 e. The highest BCUT2D eigenvalue weighted by Crippen LogP contribution is 2.37. The maximum atomic E-state index is 14.6. The van der Waals surface area contributed by atoms with Crippen LogP contribution in [0.4, 0.5) is 4.79 Å². The Kier molecular flexibility index (Phi) is 13.2. The van der Waals surface area contributed by atoms with Gasteiger partial charge in [0.25, 0.3) is 5.91 Å². The van der Waals surface area contributed by atoms with Crippen LogP contribution in [0.3, 0.4) is 0 Å². The summed E-state index contributed by atoms with van der Waals surface area (Å²) >= 11 is 0. The molecule has 2 unspecified atom stereocenters. The number of carbonyl (C=O) groups excluding carboxylic acids is 6. The third-order valence-electron chi connectivity index (χ3n) is 12.0. The maximum Gasteiger partial charge on any atom is 0.315 e. The molecule has 4 aliphatic rings. The molecule has 2 aliphatic heterocycles. The third kappa shape index (κ3) is 10.2. The molecule has 4 fully saturated rings. The van der Waals surface area contributed by atoms with E-state index in [0.29, 0.717) is 32.2 Å². The summed E-state index contributed by atoms with van der Waals surface area (Å²) in [5.41, 5.74) is 4.56. The van der Waals surface area contributed by atoms with Gasteiger partial charge in [-0.1, -0.05) is 87.0 Å². The molecule has 288 valence electrons. The van der Waals surface area contributed by atoms with Crippen molar-refractivity contribution in [2.75, 3.05) is 13.1 Å². The summed E-state index contributed by atoms with van der Waals surface area (Å²) in [5.74, 6) is -2.97. The van der Waals surface area contributed by atoms with Crippen molar-refractivity contribution in [2.45, 2.75) is 156 Å². The zero-order valence-electron chi connectivity index (χ0n) is 32.0. The van der Waals surface area contributed by atoms with E-state index in [0.717, 1.165) is 51.4 Å². The Morgan fingerprint density at radius 2 is 1.59 bits per heavy atom. The number of piperidine rings is 1. The van der Waals surface area contributed by atoms with E-state index in [9.17, 15) is 33.9 Å². The minimum atomic E-state index is -1.09. The van der Waals surface area contributed by atoms with Gasteiger partial charge in [-0.15, -0.1) is 0 Å². The van der Waals surface area contributed by atoms with Crippen LogP contribution in [-0.4, -0.2) is 93.8 Å². The summed E-state index contributed by atoms with van der Waals surface area (Å²) in [6.45, 7) is 14.2. The third-order valence-corrected chi connectivity index (χ3v) is 12.0. The van der Waals surface area contributed by atoms with Crippen molar-refractivity contribution in [3.8, 4) is 0 Å². The number of urea groups is 1. The number of nitrogens with one attached hydrogen (secondary N) is 3. The number of rotatable bonds is 13. The number of aliphatic hydroxyl groups is 1. The topological polar surface area (TPSA) is 191 Å². The Morgan fingerprint density at radius 3 is 2.12 bits per heavy atom. The molecule has 0 radical (unpaired) electrons. The first-order chi connectivity index (χ1) is 23.8. The lowest BCUT2D eigenvalue weighted by molar-refractivity contribution is -0.155. The molecule has 0 aromatic rings. The van der Waals surface area contributed by atoms with Crippen LogP contribution in [0.1, 0.15) is 126 Å². The van der Waals surface area contributed by atoms with Crippen LogP contribution >= 0.6 is 0 Å². The second-order valence-electron chi connectivity index (χ2n) is 18.0. The number of hydrogen-bond donors (Lipinski definition) is 5. The van der Waals surface area contributed by atoms with E-state index in [2.05, 4.69) is 16.0 Å². The highest BCUT2D eigenvalue weighted by molar-refractivity contribution is 6.37. The van der Waals surface area contributed by atoms with E-state index < -0.39 is 59.4 Å². The fraction of sp³-hybridized carbons (Fsp3) is 0.842. The van der Waals surface area contributed by atoms with Gasteiger partial charge in [-0.3, -0.25) is 24.0 Å². The molecule has 2 heterocycles. The summed E-state index contributed by atoms with van der Waals surface area (Å²) in [7, 11) is 0. The first-order valence-corrected chi connectivity index (χ1v) is 19.3. The van der Waals surface area contributed by atoms with Gasteiger partial charge < -0.3 is 36.6 Å². The maximum absolute atomic E-state index is 14.6. The molecule has 13 nitrogen and oxygen atoms in total. The molecule has 6 N–H and O–H groups in total. The van der Waals surface area contributed by atoms with E-state index in [1.165, 1.54) is 4.90 Å². The molecular formula is C38H64N6O7. The van der Waals surface area contributed by atoms with Crippen LogP contribution in [0, 0.1) is 34.5 Å². The SMILES string of the molecule is CC(C)[C@H]1CCN(C(=O)[C@@H](NC(=O)N[C@H](CN2C(=O)CC(C)(C)CC2O)C(C)(C)C)C2CCCCC2)[C@@H]1C(=O)NC(CC1CCC1)C(=O)C(N)=O. The minimum absolute atomic E-state index is 0.0471. The summed E-state index contributed by atoms with van der Waals surface area (Å²) in [4.78, 5) is 83.4. The fourth-order valence-electron chi connectivity index (χ4n) is 8.50. The normalized spacial score (nSPS) is 26.2. The van der Waals surface area contributed by atoms with Gasteiger partial charge in [0.2, 0.25) is 23.5 Å². The molecular weight excluding hydrogens is 652 g/mol. The van der Waals surface area contributed by atoms with Crippen LogP contribution in [0.5, 0.6) is 0 Å². The first kappa shape index (κ1) is 40.5. The highest BCUT2D eigenvalue weighted by atomic mass is 16.3. The van der Waals surface area contributed by atoms with Crippen molar-refractivity contribution in [3.63, 3.8) is 0 Å². The monoisotopic (exact) mass is 716 g/mol. The molecule has 0 aromatic heterocycles. The Morgan fingerprint density at radius 1 is 0.941 bits per heavy atom. The van der Waals surface area contributed by atoms with Crippen LogP contribution in [-0.2, 0) is 24.0 Å². The number of primary amides is 1. The van der Waals surface area contributed by atoms with Crippen molar-refractivity contribution in [3.05, 3.63) is 0 Å². The van der Waals surface area contributed by atoms with Gasteiger partial charge in [-0.2, -0.15) is 0 Å². The average Bonchev–Trinajstić information content (AvgIpc) is 3.47. The van der Waals surface area contributed by atoms with Gasteiger partial charge in [0.15, 0.2) is 0 Å². The van der Waals surface area contributed by atoms with Crippen LogP contribution in [0.2, 0.25) is 0 Å². The smallest absolute Gasteiger partial charge is 0.315 e. The first-order valence-electron chi connectivity index (χ1n) is 19.3. The number of nitrogens with two attached hydrogens (primary N) is 1. The summed E-state index contributed by atoms with van der Waals surface area (Å²) in [5, 5.41) is 19.7. The molecule has 2 aliphatic carbocycles. The van der Waals surface area contributed by atoms with Gasteiger partial charge in [-0.25, -0.2) is 4.79 Å². The van der Waals surface area contributed by atoms with Crippen LogP contribution < -0.4 is 21.7 Å². The molecule has 2 saturated heterocycles. The number of nitrogens with zero attached hydrogens (tertiary/aromatic N) is 2. The molecule has 0 bridgehead atoms. The van der Waals surface area contributed by atoms with Crippen molar-refractivity contribution < 1.29 is 33.9 Å². The van der Waals surface area contributed by atoms with Crippen molar-refractivity contribution in [1.29, 1.82) is 0 Å². The number of carbonyl (C=O) groups is 6. The van der Waals surface area contributed by atoms with Gasteiger partial charge in [0.1, 0.15) is 18.3 Å². The summed E-state index contributed by atoms with van der Waals surface area (Å²) in [6, 6.07) is -3.91. The predicted molar refractivity (Wildman–Crippen MR) is 193 cm³/mol. The molecule has 4 rings (SSSR count). The lowest BCUT2D eigenvalue weighted by atomic mass is 9.80. The predicted octanol–water partition coefficient (Wildman–Crippen LogP) is 3.22. The highest BCUT2D eigenvalue weighted by Gasteiger charge is 2.48. The zero-order chi connectivity index (χ0) is 37.8. The number of Topliss-reactive ketones (excluding diaryl/α,β-unsaturated/α-hetero) is 1. The zero-order valence-corrected chi connectivity index (χ0v) is 32.0. The van der Waals surface area contributed by atoms with E-state index in [1.807, 2.05) is 48.5 Å². The summed E-state index contributed by atoms with van der Waals surface area (Å²) in [6.07, 6.45) is 7.92. The molecule has 0 aromatic carbocycles. The Hall–Kier alpha value is -3.22. The van der Waals surface area contributed by atoms with E-state index >= 15 is 0 Å².